The zero-order valence-corrected chi connectivity index (χ0v) is 12.1. The standard InChI is InChI=1S/C15H20N2O4/c1-11-6-7-12(10-14(11)17(20)21)15(19)16(8-3-9-18)13-4-2-5-13/h6-7,10,13,18H,2-5,8-9H2,1H3. The number of nitro groups is 1. The van der Waals surface area contributed by atoms with Crippen molar-refractivity contribution in [2.24, 2.45) is 0 Å². The number of amides is 1. The smallest absolute Gasteiger partial charge is 0.273 e. The third kappa shape index (κ3) is 3.39. The first-order valence-electron chi connectivity index (χ1n) is 7.21. The van der Waals surface area contributed by atoms with Crippen LogP contribution in [0.5, 0.6) is 0 Å². The molecule has 1 aliphatic carbocycles. The Labute approximate surface area is 123 Å². The van der Waals surface area contributed by atoms with Gasteiger partial charge in [-0.2, -0.15) is 0 Å². The van der Waals surface area contributed by atoms with Crippen LogP contribution in [-0.4, -0.2) is 40.0 Å². The van der Waals surface area contributed by atoms with Crippen molar-refractivity contribution in [2.75, 3.05) is 13.2 Å². The van der Waals surface area contributed by atoms with E-state index in [0.717, 1.165) is 19.3 Å². The molecule has 1 fully saturated rings. The van der Waals surface area contributed by atoms with E-state index in [2.05, 4.69) is 0 Å². The van der Waals surface area contributed by atoms with Crippen LogP contribution >= 0.6 is 0 Å². The summed E-state index contributed by atoms with van der Waals surface area (Å²) in [6.07, 6.45) is 3.55. The van der Waals surface area contributed by atoms with Gasteiger partial charge in [-0.3, -0.25) is 14.9 Å². The first kappa shape index (κ1) is 15.4. The van der Waals surface area contributed by atoms with E-state index in [1.807, 2.05) is 0 Å². The number of hydrogen-bond acceptors (Lipinski definition) is 4. The molecule has 1 aromatic carbocycles. The minimum absolute atomic E-state index is 0.0310. The molecule has 1 aliphatic rings. The molecule has 0 radical (unpaired) electrons. The Kier molecular flexibility index (Phi) is 4.90. The summed E-state index contributed by atoms with van der Waals surface area (Å²) in [5, 5.41) is 20.0. The van der Waals surface area contributed by atoms with Crippen LogP contribution in [0.1, 0.15) is 41.6 Å². The van der Waals surface area contributed by atoms with Gasteiger partial charge in [0.1, 0.15) is 0 Å². The molecule has 114 valence electrons. The van der Waals surface area contributed by atoms with Crippen LogP contribution in [0, 0.1) is 17.0 Å². The number of aryl methyl sites for hydroxylation is 1. The fourth-order valence-electron chi connectivity index (χ4n) is 2.49. The van der Waals surface area contributed by atoms with Gasteiger partial charge in [0.2, 0.25) is 0 Å². The molecule has 1 saturated carbocycles. The zero-order chi connectivity index (χ0) is 15.4. The summed E-state index contributed by atoms with van der Waals surface area (Å²) >= 11 is 0. The van der Waals surface area contributed by atoms with E-state index in [9.17, 15) is 14.9 Å². The van der Waals surface area contributed by atoms with Crippen molar-refractivity contribution in [1.29, 1.82) is 0 Å². The largest absolute Gasteiger partial charge is 0.396 e. The Morgan fingerprint density at radius 3 is 2.71 bits per heavy atom. The van der Waals surface area contributed by atoms with Gasteiger partial charge >= 0.3 is 0 Å². The highest BCUT2D eigenvalue weighted by Crippen LogP contribution is 2.27. The van der Waals surface area contributed by atoms with Crippen molar-refractivity contribution in [3.63, 3.8) is 0 Å². The van der Waals surface area contributed by atoms with Gasteiger partial charge in [0, 0.05) is 36.4 Å². The van der Waals surface area contributed by atoms with Gasteiger partial charge in [0.05, 0.1) is 4.92 Å². The number of carbonyl (C=O) groups is 1. The predicted molar refractivity (Wildman–Crippen MR) is 78.2 cm³/mol. The minimum atomic E-state index is -0.465. The second-order valence-corrected chi connectivity index (χ2v) is 5.42. The maximum atomic E-state index is 12.6. The van der Waals surface area contributed by atoms with E-state index in [1.54, 1.807) is 24.0 Å². The summed E-state index contributed by atoms with van der Waals surface area (Å²) in [5.41, 5.74) is 0.857. The zero-order valence-electron chi connectivity index (χ0n) is 12.1. The molecule has 6 nitrogen and oxygen atoms in total. The topological polar surface area (TPSA) is 83.7 Å². The lowest BCUT2D eigenvalue weighted by Gasteiger charge is -2.37. The van der Waals surface area contributed by atoms with E-state index in [1.165, 1.54) is 6.07 Å². The van der Waals surface area contributed by atoms with Crippen LogP contribution in [0.25, 0.3) is 0 Å². The molecule has 0 aromatic heterocycles. The van der Waals surface area contributed by atoms with E-state index >= 15 is 0 Å². The number of hydrogen-bond donors (Lipinski definition) is 1. The van der Waals surface area contributed by atoms with Crippen LogP contribution in [0.2, 0.25) is 0 Å². The van der Waals surface area contributed by atoms with Gasteiger partial charge in [0.25, 0.3) is 11.6 Å². The Hall–Kier alpha value is -1.95. The fourth-order valence-corrected chi connectivity index (χ4v) is 2.49. The first-order valence-corrected chi connectivity index (χ1v) is 7.21. The lowest BCUT2D eigenvalue weighted by Crippen LogP contribution is -2.45. The third-order valence-corrected chi connectivity index (χ3v) is 3.99. The maximum absolute atomic E-state index is 12.6. The third-order valence-electron chi connectivity index (χ3n) is 3.99. The molecule has 1 amide bonds. The maximum Gasteiger partial charge on any atom is 0.273 e. The Balaban J connectivity index is 2.23. The molecule has 0 spiro atoms. The van der Waals surface area contributed by atoms with Crippen LogP contribution in [-0.2, 0) is 0 Å². The second-order valence-electron chi connectivity index (χ2n) is 5.42. The van der Waals surface area contributed by atoms with Crippen LogP contribution in [0.15, 0.2) is 18.2 Å². The lowest BCUT2D eigenvalue weighted by molar-refractivity contribution is -0.385. The molecule has 21 heavy (non-hydrogen) atoms. The van der Waals surface area contributed by atoms with Crippen molar-refractivity contribution < 1.29 is 14.8 Å². The number of nitro benzene ring substituents is 1. The molecule has 2 rings (SSSR count). The second kappa shape index (κ2) is 6.67. The lowest BCUT2D eigenvalue weighted by atomic mass is 9.90. The number of benzene rings is 1. The number of nitrogens with zero attached hydrogens (tertiary/aromatic N) is 2. The van der Waals surface area contributed by atoms with Crippen molar-refractivity contribution in [3.8, 4) is 0 Å². The van der Waals surface area contributed by atoms with Crippen LogP contribution in [0.4, 0.5) is 5.69 Å². The summed E-state index contributed by atoms with van der Waals surface area (Å²) < 4.78 is 0. The summed E-state index contributed by atoms with van der Waals surface area (Å²) in [6.45, 7) is 2.17. The monoisotopic (exact) mass is 292 g/mol. The Morgan fingerprint density at radius 2 is 2.19 bits per heavy atom. The SMILES string of the molecule is Cc1ccc(C(=O)N(CCCO)C2CCC2)cc1[N+](=O)[O-]. The number of carbonyl (C=O) groups excluding carboxylic acids is 1. The molecule has 0 unspecified atom stereocenters. The number of aliphatic hydroxyl groups excluding tert-OH is 1. The molecule has 0 atom stereocenters. The fraction of sp³-hybridized carbons (Fsp3) is 0.533. The molecular weight excluding hydrogens is 272 g/mol. The molecular formula is C15H20N2O4. The predicted octanol–water partition coefficient (Wildman–Crippen LogP) is 2.28. The average molecular weight is 292 g/mol. The van der Waals surface area contributed by atoms with E-state index < -0.39 is 4.92 Å². The van der Waals surface area contributed by atoms with E-state index in [-0.39, 0.29) is 24.2 Å². The van der Waals surface area contributed by atoms with Gasteiger partial charge < -0.3 is 10.0 Å². The first-order chi connectivity index (χ1) is 10.0. The van der Waals surface area contributed by atoms with Gasteiger partial charge in [-0.1, -0.05) is 6.07 Å². The van der Waals surface area contributed by atoms with Gasteiger partial charge in [0.15, 0.2) is 0 Å². The molecule has 1 aromatic rings. The summed E-state index contributed by atoms with van der Waals surface area (Å²) in [4.78, 5) is 24.9. The molecule has 0 saturated heterocycles. The van der Waals surface area contributed by atoms with Crippen LogP contribution in [0.3, 0.4) is 0 Å². The average Bonchev–Trinajstić information content (AvgIpc) is 2.40. The molecule has 0 heterocycles. The van der Waals surface area contributed by atoms with E-state index in [0.29, 0.717) is 24.1 Å². The Morgan fingerprint density at radius 1 is 1.48 bits per heavy atom. The van der Waals surface area contributed by atoms with E-state index in [4.69, 9.17) is 5.11 Å². The number of rotatable bonds is 6. The quantitative estimate of drug-likeness (QED) is 0.644. The normalized spacial score (nSPS) is 14.6. The van der Waals surface area contributed by atoms with Gasteiger partial charge in [-0.15, -0.1) is 0 Å². The minimum Gasteiger partial charge on any atom is -0.396 e. The van der Waals surface area contributed by atoms with Crippen molar-refractivity contribution >= 4 is 11.6 Å². The highest BCUT2D eigenvalue weighted by molar-refractivity contribution is 5.95. The summed E-state index contributed by atoms with van der Waals surface area (Å²) in [6, 6.07) is 4.79. The molecule has 0 bridgehead atoms. The molecule has 0 aliphatic heterocycles. The van der Waals surface area contributed by atoms with Crippen molar-refractivity contribution in [3.05, 3.63) is 39.4 Å². The van der Waals surface area contributed by atoms with Crippen molar-refractivity contribution in [1.82, 2.24) is 4.90 Å². The van der Waals surface area contributed by atoms with Gasteiger partial charge in [-0.05, 0) is 38.7 Å². The molecule has 6 heteroatoms. The summed E-state index contributed by atoms with van der Waals surface area (Å²) in [5.74, 6) is -0.184. The van der Waals surface area contributed by atoms with Gasteiger partial charge in [-0.25, -0.2) is 0 Å². The van der Waals surface area contributed by atoms with Crippen LogP contribution < -0.4 is 0 Å². The number of aliphatic hydroxyl groups is 1. The highest BCUT2D eigenvalue weighted by atomic mass is 16.6. The summed E-state index contributed by atoms with van der Waals surface area (Å²) in [7, 11) is 0. The molecule has 1 N–H and O–H groups in total. The van der Waals surface area contributed by atoms with Crippen molar-refractivity contribution in [2.45, 2.75) is 38.6 Å². The Bertz CT molecular complexity index is 540. The highest BCUT2D eigenvalue weighted by Gasteiger charge is 2.29.